The third-order valence-corrected chi connectivity index (χ3v) is 3.86. The van der Waals surface area contributed by atoms with Gasteiger partial charge in [0.05, 0.1) is 6.42 Å². The number of aromatic nitrogens is 3. The minimum absolute atomic E-state index is 0.0264. The summed E-state index contributed by atoms with van der Waals surface area (Å²) in [6.07, 6.45) is 2.72. The summed E-state index contributed by atoms with van der Waals surface area (Å²) >= 11 is 6.78. The maximum absolute atomic E-state index is 12.3. The first kappa shape index (κ1) is 14.4. The predicted octanol–water partition coefficient (Wildman–Crippen LogP) is 3.64. The van der Waals surface area contributed by atoms with Gasteiger partial charge in [0.15, 0.2) is 5.78 Å². The van der Waals surface area contributed by atoms with Gasteiger partial charge >= 0.3 is 0 Å². The van der Waals surface area contributed by atoms with E-state index in [1.807, 2.05) is 18.2 Å². The van der Waals surface area contributed by atoms with E-state index in [4.69, 9.17) is 0 Å². The van der Waals surface area contributed by atoms with Crippen molar-refractivity contribution in [3.63, 3.8) is 0 Å². The number of carbonyl (C=O) groups excluding carboxylic acids is 1. The molecule has 2 aromatic rings. The first-order valence-electron chi connectivity index (χ1n) is 5.96. The normalized spacial score (nSPS) is 10.7. The lowest BCUT2D eigenvalue weighted by Gasteiger charge is -2.06. The summed E-state index contributed by atoms with van der Waals surface area (Å²) in [5.41, 5.74) is 0.653. The Bertz CT molecular complexity index is 595. The van der Waals surface area contributed by atoms with Crippen molar-refractivity contribution in [2.24, 2.45) is 0 Å². The molecular formula is C13H13Br2N3O. The molecule has 0 N–H and O–H groups in total. The van der Waals surface area contributed by atoms with Gasteiger partial charge in [0.2, 0.25) is 0 Å². The summed E-state index contributed by atoms with van der Waals surface area (Å²) in [6.45, 7) is 2.85. The van der Waals surface area contributed by atoms with Gasteiger partial charge in [-0.1, -0.05) is 38.8 Å². The molecule has 19 heavy (non-hydrogen) atoms. The molecule has 0 atom stereocenters. The highest BCUT2D eigenvalue weighted by atomic mass is 79.9. The molecule has 6 heteroatoms. The number of carbonyl (C=O) groups is 1. The number of halogens is 2. The van der Waals surface area contributed by atoms with Gasteiger partial charge in [-0.2, -0.15) is 5.10 Å². The molecule has 0 radical (unpaired) electrons. The van der Waals surface area contributed by atoms with Crippen molar-refractivity contribution in [2.75, 3.05) is 0 Å². The summed E-state index contributed by atoms with van der Waals surface area (Å²) in [5.74, 6) is 0.734. The summed E-state index contributed by atoms with van der Waals surface area (Å²) in [4.78, 5) is 16.5. The van der Waals surface area contributed by atoms with Crippen LogP contribution in [0.4, 0.5) is 0 Å². The van der Waals surface area contributed by atoms with Crippen molar-refractivity contribution in [3.05, 3.63) is 44.9 Å². The summed E-state index contributed by atoms with van der Waals surface area (Å²) in [6, 6.07) is 5.56. The van der Waals surface area contributed by atoms with E-state index >= 15 is 0 Å². The highest BCUT2D eigenvalue weighted by molar-refractivity contribution is 9.11. The van der Waals surface area contributed by atoms with Crippen molar-refractivity contribution in [2.45, 2.75) is 26.3 Å². The van der Waals surface area contributed by atoms with Crippen LogP contribution in [0.2, 0.25) is 0 Å². The first-order chi connectivity index (χ1) is 9.11. The fraction of sp³-hybridized carbons (Fsp3) is 0.308. The van der Waals surface area contributed by atoms with Gasteiger partial charge in [-0.05, 0) is 24.6 Å². The van der Waals surface area contributed by atoms with E-state index in [2.05, 4.69) is 48.9 Å². The summed E-state index contributed by atoms with van der Waals surface area (Å²) in [7, 11) is 0. The third-order valence-electron chi connectivity index (χ3n) is 2.68. The fourth-order valence-electron chi connectivity index (χ4n) is 1.77. The van der Waals surface area contributed by atoms with Gasteiger partial charge in [-0.3, -0.25) is 4.79 Å². The van der Waals surface area contributed by atoms with E-state index in [1.54, 1.807) is 4.68 Å². The molecule has 0 unspecified atom stereocenters. The number of aryl methyl sites for hydroxylation is 1. The van der Waals surface area contributed by atoms with Gasteiger partial charge < -0.3 is 0 Å². The number of ketones is 1. The summed E-state index contributed by atoms with van der Waals surface area (Å²) in [5, 5.41) is 4.12. The Morgan fingerprint density at radius 1 is 1.37 bits per heavy atom. The van der Waals surface area contributed by atoms with Crippen molar-refractivity contribution in [1.82, 2.24) is 14.8 Å². The van der Waals surface area contributed by atoms with E-state index < -0.39 is 0 Å². The molecule has 0 saturated heterocycles. The van der Waals surface area contributed by atoms with Gasteiger partial charge in [0.1, 0.15) is 12.2 Å². The molecule has 0 amide bonds. The smallest absolute Gasteiger partial charge is 0.171 e. The molecular weight excluding hydrogens is 374 g/mol. The molecule has 100 valence electrons. The molecule has 0 aliphatic heterocycles. The van der Waals surface area contributed by atoms with E-state index in [-0.39, 0.29) is 12.2 Å². The van der Waals surface area contributed by atoms with Crippen LogP contribution in [0.3, 0.4) is 0 Å². The molecule has 0 aliphatic rings. The van der Waals surface area contributed by atoms with Crippen molar-refractivity contribution in [3.8, 4) is 0 Å². The Kier molecular flexibility index (Phi) is 4.87. The molecule has 1 aromatic heterocycles. The summed E-state index contributed by atoms with van der Waals surface area (Å²) < 4.78 is 3.46. The number of Topliss-reactive ketones (excluding diaryl/α,β-unsaturated/α-hetero) is 1. The highest BCUT2D eigenvalue weighted by Crippen LogP contribution is 2.22. The highest BCUT2D eigenvalue weighted by Gasteiger charge is 2.14. The average Bonchev–Trinajstić information content (AvgIpc) is 2.80. The van der Waals surface area contributed by atoms with Crippen LogP contribution in [0.5, 0.6) is 0 Å². The second-order valence-electron chi connectivity index (χ2n) is 4.12. The van der Waals surface area contributed by atoms with Crippen LogP contribution in [0.15, 0.2) is 33.5 Å². The maximum atomic E-state index is 12.3. The molecule has 1 heterocycles. The topological polar surface area (TPSA) is 47.8 Å². The second-order valence-corrected chi connectivity index (χ2v) is 5.89. The molecule has 2 rings (SSSR count). The number of hydrogen-bond acceptors (Lipinski definition) is 3. The standard InChI is InChI=1S/C13H13Br2N3O/c1-2-5-18-13(16-8-17-18)7-12(19)10-6-9(14)3-4-11(10)15/h3-4,6,8H,2,5,7H2,1H3. The van der Waals surface area contributed by atoms with Gasteiger partial charge in [0.25, 0.3) is 0 Å². The third kappa shape index (κ3) is 3.51. The van der Waals surface area contributed by atoms with Crippen LogP contribution in [0, 0.1) is 0 Å². The van der Waals surface area contributed by atoms with Crippen LogP contribution in [0.25, 0.3) is 0 Å². The van der Waals surface area contributed by atoms with E-state index in [9.17, 15) is 4.79 Å². The number of nitrogens with zero attached hydrogens (tertiary/aromatic N) is 3. The lowest BCUT2D eigenvalue weighted by Crippen LogP contribution is -2.12. The molecule has 0 bridgehead atoms. The van der Waals surface area contributed by atoms with E-state index in [0.717, 1.165) is 21.9 Å². The quantitative estimate of drug-likeness (QED) is 0.737. The van der Waals surface area contributed by atoms with Crippen LogP contribution in [0.1, 0.15) is 29.5 Å². The van der Waals surface area contributed by atoms with Crippen LogP contribution < -0.4 is 0 Å². The molecule has 0 saturated carbocycles. The predicted molar refractivity (Wildman–Crippen MR) is 80.2 cm³/mol. The van der Waals surface area contributed by atoms with Crippen molar-refractivity contribution in [1.29, 1.82) is 0 Å². The molecule has 0 aliphatic carbocycles. The van der Waals surface area contributed by atoms with Crippen LogP contribution in [-0.4, -0.2) is 20.5 Å². The Balaban J connectivity index is 2.21. The average molecular weight is 387 g/mol. The van der Waals surface area contributed by atoms with Gasteiger partial charge in [-0.25, -0.2) is 9.67 Å². The Morgan fingerprint density at radius 3 is 2.89 bits per heavy atom. The van der Waals surface area contributed by atoms with Crippen LogP contribution >= 0.6 is 31.9 Å². The number of hydrogen-bond donors (Lipinski definition) is 0. The largest absolute Gasteiger partial charge is 0.294 e. The minimum atomic E-state index is 0.0264. The zero-order valence-corrected chi connectivity index (χ0v) is 13.6. The Morgan fingerprint density at radius 2 is 2.16 bits per heavy atom. The zero-order chi connectivity index (χ0) is 13.8. The Hall–Kier alpha value is -1.01. The zero-order valence-electron chi connectivity index (χ0n) is 10.4. The maximum Gasteiger partial charge on any atom is 0.171 e. The number of rotatable bonds is 5. The number of benzene rings is 1. The first-order valence-corrected chi connectivity index (χ1v) is 7.55. The van der Waals surface area contributed by atoms with Crippen molar-refractivity contribution < 1.29 is 4.79 Å². The molecule has 0 fully saturated rings. The van der Waals surface area contributed by atoms with Gasteiger partial charge in [0, 0.05) is 21.1 Å². The van der Waals surface area contributed by atoms with E-state index in [0.29, 0.717) is 11.4 Å². The SMILES string of the molecule is CCCn1ncnc1CC(=O)c1cc(Br)ccc1Br. The molecule has 0 spiro atoms. The van der Waals surface area contributed by atoms with Gasteiger partial charge in [-0.15, -0.1) is 0 Å². The van der Waals surface area contributed by atoms with Crippen molar-refractivity contribution >= 4 is 37.6 Å². The molecule has 4 nitrogen and oxygen atoms in total. The second kappa shape index (κ2) is 6.43. The lowest BCUT2D eigenvalue weighted by molar-refractivity contribution is 0.0988. The lowest BCUT2D eigenvalue weighted by atomic mass is 10.1. The molecule has 1 aromatic carbocycles. The monoisotopic (exact) mass is 385 g/mol. The van der Waals surface area contributed by atoms with Crippen LogP contribution in [-0.2, 0) is 13.0 Å². The van der Waals surface area contributed by atoms with E-state index in [1.165, 1.54) is 6.33 Å². The minimum Gasteiger partial charge on any atom is -0.294 e. The fourth-order valence-corrected chi connectivity index (χ4v) is 2.60. The Labute approximate surface area is 128 Å².